The van der Waals surface area contributed by atoms with Gasteiger partial charge in [-0.1, -0.05) is 11.2 Å². The van der Waals surface area contributed by atoms with E-state index in [4.69, 9.17) is 15.2 Å². The summed E-state index contributed by atoms with van der Waals surface area (Å²) in [5, 5.41) is 3.42. The maximum atomic E-state index is 13.4. The highest BCUT2D eigenvalue weighted by Gasteiger charge is 2.17. The lowest BCUT2D eigenvalue weighted by Crippen LogP contribution is -1.94. The van der Waals surface area contributed by atoms with Crippen molar-refractivity contribution in [3.63, 3.8) is 0 Å². The van der Waals surface area contributed by atoms with Crippen molar-refractivity contribution in [3.05, 3.63) is 41.6 Å². The van der Waals surface area contributed by atoms with E-state index in [0.717, 1.165) is 6.07 Å². The minimum absolute atomic E-state index is 0.0173. The van der Waals surface area contributed by atoms with Crippen LogP contribution in [0.25, 0.3) is 11.3 Å². The molecule has 2 rings (SSSR count). The van der Waals surface area contributed by atoms with Gasteiger partial charge in [-0.2, -0.15) is 0 Å². The van der Waals surface area contributed by atoms with Crippen molar-refractivity contribution in [2.24, 2.45) is 0 Å². The third-order valence-electron chi connectivity index (χ3n) is 2.10. The molecule has 18 heavy (non-hydrogen) atoms. The largest absolute Gasteiger partial charge is 0.356 e. The molecule has 96 valence electrons. The molecule has 0 atom stereocenters. The van der Waals surface area contributed by atoms with Gasteiger partial charge < -0.3 is 4.52 Å². The van der Waals surface area contributed by atoms with Gasteiger partial charge >= 0.3 is 0 Å². The normalized spacial score (nSPS) is 11.7. The van der Waals surface area contributed by atoms with Gasteiger partial charge in [-0.25, -0.2) is 17.2 Å². The number of hydrogen-bond acceptors (Lipinski definition) is 4. The molecule has 8 heteroatoms. The zero-order valence-electron chi connectivity index (χ0n) is 8.73. The van der Waals surface area contributed by atoms with E-state index in [2.05, 4.69) is 5.16 Å². The predicted octanol–water partition coefficient (Wildman–Crippen LogP) is 2.69. The van der Waals surface area contributed by atoms with Crippen LogP contribution in [-0.4, -0.2) is 13.6 Å². The van der Waals surface area contributed by atoms with Gasteiger partial charge in [-0.3, -0.25) is 0 Å². The van der Waals surface area contributed by atoms with Crippen LogP contribution in [0.5, 0.6) is 0 Å². The van der Waals surface area contributed by atoms with Gasteiger partial charge in [0.05, 0.1) is 5.56 Å². The molecule has 0 bridgehead atoms. The van der Waals surface area contributed by atoms with Gasteiger partial charge in [0.2, 0.25) is 9.05 Å². The molecule has 0 aliphatic rings. The quantitative estimate of drug-likeness (QED) is 0.816. The van der Waals surface area contributed by atoms with Gasteiger partial charge in [0.25, 0.3) is 0 Å². The summed E-state index contributed by atoms with van der Waals surface area (Å²) >= 11 is 0. The van der Waals surface area contributed by atoms with Crippen LogP contribution in [0.3, 0.4) is 0 Å². The van der Waals surface area contributed by atoms with Crippen molar-refractivity contribution in [2.45, 2.75) is 5.75 Å². The Morgan fingerprint density at radius 2 is 2.06 bits per heavy atom. The Morgan fingerprint density at radius 1 is 1.33 bits per heavy atom. The van der Waals surface area contributed by atoms with E-state index in [1.165, 1.54) is 18.2 Å². The molecular formula is C10H6ClF2NO3S. The Labute approximate surface area is 106 Å². The van der Waals surface area contributed by atoms with Crippen molar-refractivity contribution < 1.29 is 21.7 Å². The van der Waals surface area contributed by atoms with Crippen LogP contribution < -0.4 is 0 Å². The van der Waals surface area contributed by atoms with Crippen LogP contribution in [0.2, 0.25) is 0 Å². The van der Waals surface area contributed by atoms with Crippen molar-refractivity contribution in [2.75, 3.05) is 0 Å². The first kappa shape index (κ1) is 13.0. The Balaban J connectivity index is 2.38. The first-order chi connectivity index (χ1) is 8.37. The molecule has 0 unspecified atom stereocenters. The summed E-state index contributed by atoms with van der Waals surface area (Å²) in [6, 6.07) is 4.74. The van der Waals surface area contributed by atoms with Gasteiger partial charge in [0.1, 0.15) is 11.4 Å². The molecule has 0 amide bonds. The summed E-state index contributed by atoms with van der Waals surface area (Å²) < 4.78 is 52.8. The molecule has 1 aromatic carbocycles. The third kappa shape index (κ3) is 2.85. The highest BCUT2D eigenvalue weighted by molar-refractivity contribution is 8.13. The minimum Gasteiger partial charge on any atom is -0.356 e. The van der Waals surface area contributed by atoms with Crippen LogP contribution in [-0.2, 0) is 14.8 Å². The van der Waals surface area contributed by atoms with Crippen molar-refractivity contribution in [3.8, 4) is 11.3 Å². The Bertz CT molecular complexity index is 684. The number of benzene rings is 1. The number of nitrogens with zero attached hydrogens (tertiary/aromatic N) is 1. The fourth-order valence-electron chi connectivity index (χ4n) is 1.38. The number of halogens is 3. The molecule has 4 nitrogen and oxygen atoms in total. The Morgan fingerprint density at radius 3 is 2.72 bits per heavy atom. The zero-order valence-corrected chi connectivity index (χ0v) is 10.3. The van der Waals surface area contributed by atoms with E-state index < -0.39 is 26.4 Å². The topological polar surface area (TPSA) is 60.2 Å². The molecular weight excluding hydrogens is 288 g/mol. The first-order valence-electron chi connectivity index (χ1n) is 4.69. The molecule has 1 heterocycles. The molecule has 0 saturated carbocycles. The lowest BCUT2D eigenvalue weighted by atomic mass is 10.1. The van der Waals surface area contributed by atoms with Crippen LogP contribution in [0.4, 0.5) is 8.78 Å². The Kier molecular flexibility index (Phi) is 3.36. The lowest BCUT2D eigenvalue weighted by Gasteiger charge is -1.97. The van der Waals surface area contributed by atoms with E-state index >= 15 is 0 Å². The number of hydrogen-bond donors (Lipinski definition) is 0. The summed E-state index contributed by atoms with van der Waals surface area (Å²) in [4.78, 5) is 0. The minimum atomic E-state index is -3.78. The second-order valence-corrected chi connectivity index (χ2v) is 6.24. The summed E-state index contributed by atoms with van der Waals surface area (Å²) in [5.41, 5.74) is -0.121. The first-order valence-corrected chi connectivity index (χ1v) is 7.17. The summed E-state index contributed by atoms with van der Waals surface area (Å²) in [7, 11) is 1.25. The smallest absolute Gasteiger partial charge is 0.238 e. The zero-order chi connectivity index (χ0) is 13.3. The lowest BCUT2D eigenvalue weighted by molar-refractivity contribution is 0.421. The maximum Gasteiger partial charge on any atom is 0.238 e. The van der Waals surface area contributed by atoms with Crippen LogP contribution in [0, 0.1) is 11.6 Å². The van der Waals surface area contributed by atoms with Gasteiger partial charge in [0, 0.05) is 16.7 Å². The molecule has 0 N–H and O–H groups in total. The van der Waals surface area contributed by atoms with Crippen LogP contribution in [0.1, 0.15) is 5.69 Å². The van der Waals surface area contributed by atoms with Gasteiger partial charge in [-0.15, -0.1) is 0 Å². The van der Waals surface area contributed by atoms with Gasteiger partial charge in [-0.05, 0) is 12.1 Å². The Hall–Kier alpha value is -1.47. The van der Waals surface area contributed by atoms with Crippen molar-refractivity contribution in [1.82, 2.24) is 5.16 Å². The second kappa shape index (κ2) is 4.66. The molecule has 0 aliphatic carbocycles. The highest BCUT2D eigenvalue weighted by Crippen LogP contribution is 2.25. The van der Waals surface area contributed by atoms with Crippen molar-refractivity contribution >= 4 is 19.7 Å². The second-order valence-electron chi connectivity index (χ2n) is 3.47. The van der Waals surface area contributed by atoms with E-state index in [1.807, 2.05) is 0 Å². The number of rotatable bonds is 3. The fourth-order valence-corrected chi connectivity index (χ4v) is 2.20. The predicted molar refractivity (Wildman–Crippen MR) is 60.3 cm³/mol. The monoisotopic (exact) mass is 293 g/mol. The molecule has 0 radical (unpaired) electrons. The molecule has 0 saturated heterocycles. The average molecular weight is 294 g/mol. The van der Waals surface area contributed by atoms with E-state index in [0.29, 0.717) is 0 Å². The molecule has 0 aliphatic heterocycles. The molecule has 2 aromatic rings. The molecule has 0 fully saturated rings. The van der Waals surface area contributed by atoms with Crippen LogP contribution in [0.15, 0.2) is 28.8 Å². The SMILES string of the molecule is O=S(=O)(Cl)Cc1cc(-c2cccc(F)c2F)on1. The molecule has 0 spiro atoms. The van der Waals surface area contributed by atoms with E-state index in [9.17, 15) is 17.2 Å². The standard InChI is InChI=1S/C10H6ClF2NO3S/c11-18(15,16)5-6-4-9(17-14-6)7-2-1-3-8(12)10(7)13/h1-4H,5H2. The highest BCUT2D eigenvalue weighted by atomic mass is 35.7. The summed E-state index contributed by atoms with van der Waals surface area (Å²) in [6.07, 6.45) is 0. The van der Waals surface area contributed by atoms with Crippen molar-refractivity contribution in [1.29, 1.82) is 0 Å². The molecule has 1 aromatic heterocycles. The van der Waals surface area contributed by atoms with E-state index in [1.54, 1.807) is 0 Å². The number of aromatic nitrogens is 1. The summed E-state index contributed by atoms with van der Waals surface area (Å²) in [5.74, 6) is -2.73. The van der Waals surface area contributed by atoms with Gasteiger partial charge in [0.15, 0.2) is 17.4 Å². The third-order valence-corrected chi connectivity index (χ3v) is 3.06. The van der Waals surface area contributed by atoms with E-state index in [-0.39, 0.29) is 17.0 Å². The average Bonchev–Trinajstić information content (AvgIpc) is 2.68. The van der Waals surface area contributed by atoms with Crippen LogP contribution >= 0.6 is 10.7 Å². The maximum absolute atomic E-state index is 13.4. The fraction of sp³-hybridized carbons (Fsp3) is 0.100. The summed E-state index contributed by atoms with van der Waals surface area (Å²) in [6.45, 7) is 0.